The summed E-state index contributed by atoms with van der Waals surface area (Å²) in [6, 6.07) is -0.548. The first-order valence-corrected chi connectivity index (χ1v) is 11.8. The molecule has 11 heteroatoms. The zero-order valence-electron chi connectivity index (χ0n) is 17.8. The molecule has 0 saturated carbocycles. The SMILES string of the molecule is Cn1ncc(NC(=O)c2csc(-n3ncc4c3CCCC4)n2)c1[C@@H]1CC[C@@H](N)[C@H](F)CO1. The summed E-state index contributed by atoms with van der Waals surface area (Å²) < 4.78 is 23.2. The smallest absolute Gasteiger partial charge is 0.275 e. The van der Waals surface area contributed by atoms with E-state index in [1.165, 1.54) is 29.0 Å². The molecule has 4 heterocycles. The van der Waals surface area contributed by atoms with E-state index in [1.54, 1.807) is 23.3 Å². The summed E-state index contributed by atoms with van der Waals surface area (Å²) in [5, 5.41) is 14.1. The molecule has 32 heavy (non-hydrogen) atoms. The molecule has 1 aliphatic carbocycles. The van der Waals surface area contributed by atoms with Crippen molar-refractivity contribution in [3.8, 4) is 5.13 Å². The van der Waals surface area contributed by atoms with Gasteiger partial charge >= 0.3 is 0 Å². The lowest BCUT2D eigenvalue weighted by Gasteiger charge is -2.17. The largest absolute Gasteiger partial charge is 0.369 e. The Morgan fingerprint density at radius 3 is 3.00 bits per heavy atom. The van der Waals surface area contributed by atoms with E-state index in [0.29, 0.717) is 35.0 Å². The number of hydrogen-bond acceptors (Lipinski definition) is 7. The lowest BCUT2D eigenvalue weighted by atomic mass is 9.98. The van der Waals surface area contributed by atoms with Crippen molar-refractivity contribution in [2.24, 2.45) is 12.8 Å². The maximum atomic E-state index is 14.0. The zero-order valence-corrected chi connectivity index (χ0v) is 18.6. The van der Waals surface area contributed by atoms with Crippen LogP contribution >= 0.6 is 11.3 Å². The highest BCUT2D eigenvalue weighted by Crippen LogP contribution is 2.33. The van der Waals surface area contributed by atoms with Gasteiger partial charge in [0.2, 0.25) is 5.13 Å². The van der Waals surface area contributed by atoms with Crippen LogP contribution in [0.1, 0.15) is 59.2 Å². The van der Waals surface area contributed by atoms with E-state index in [4.69, 9.17) is 10.5 Å². The zero-order chi connectivity index (χ0) is 22.2. The second-order valence-electron chi connectivity index (χ2n) is 8.35. The molecule has 2 aliphatic rings. The number of carbonyl (C=O) groups excluding carboxylic acids is 1. The van der Waals surface area contributed by atoms with Gasteiger partial charge in [-0.2, -0.15) is 10.2 Å². The van der Waals surface area contributed by atoms with E-state index in [1.807, 2.05) is 10.9 Å². The van der Waals surface area contributed by atoms with Crippen molar-refractivity contribution in [1.82, 2.24) is 24.5 Å². The molecular formula is C21H26FN7O2S. The number of anilines is 1. The van der Waals surface area contributed by atoms with Crippen LogP contribution in [0.4, 0.5) is 10.1 Å². The second kappa shape index (κ2) is 8.72. The number of halogens is 1. The number of nitrogens with zero attached hydrogens (tertiary/aromatic N) is 5. The van der Waals surface area contributed by atoms with Crippen molar-refractivity contribution < 1.29 is 13.9 Å². The van der Waals surface area contributed by atoms with Crippen LogP contribution in [-0.2, 0) is 24.6 Å². The third-order valence-corrected chi connectivity index (χ3v) is 7.01. The first kappa shape index (κ1) is 21.2. The Hall–Kier alpha value is -2.63. The van der Waals surface area contributed by atoms with Gasteiger partial charge in [0.25, 0.3) is 5.91 Å². The molecule has 170 valence electrons. The standard InChI is InChI=1S/C21H26FN7O2S/c1-28-19(18-7-6-14(23)13(22)10-31-18)15(9-24-28)26-20(30)16-11-32-21(27-16)29-17-5-3-2-4-12(17)8-25-29/h8-9,11,13-14,18H,2-7,10,23H2,1H3,(H,26,30)/t13-,14-,18+/m1/s1. The predicted molar refractivity (Wildman–Crippen MR) is 118 cm³/mol. The molecule has 1 aliphatic heterocycles. The van der Waals surface area contributed by atoms with Crippen LogP contribution in [0, 0.1) is 0 Å². The molecule has 9 nitrogen and oxygen atoms in total. The van der Waals surface area contributed by atoms with Crippen LogP contribution in [-0.4, -0.2) is 49.3 Å². The van der Waals surface area contributed by atoms with Crippen molar-refractivity contribution >= 4 is 22.9 Å². The Morgan fingerprint density at radius 2 is 2.12 bits per heavy atom. The van der Waals surface area contributed by atoms with Crippen molar-refractivity contribution in [1.29, 1.82) is 0 Å². The molecular weight excluding hydrogens is 433 g/mol. The minimum atomic E-state index is -1.20. The van der Waals surface area contributed by atoms with Crippen LogP contribution in [0.3, 0.4) is 0 Å². The van der Waals surface area contributed by atoms with Crippen LogP contribution < -0.4 is 11.1 Å². The van der Waals surface area contributed by atoms with E-state index < -0.39 is 18.3 Å². The van der Waals surface area contributed by atoms with Gasteiger partial charge in [-0.15, -0.1) is 11.3 Å². The fraction of sp³-hybridized carbons (Fsp3) is 0.524. The van der Waals surface area contributed by atoms with E-state index >= 15 is 0 Å². The molecule has 3 atom stereocenters. The number of thiazole rings is 1. The van der Waals surface area contributed by atoms with Gasteiger partial charge in [0.1, 0.15) is 18.0 Å². The number of rotatable bonds is 4. The van der Waals surface area contributed by atoms with Crippen LogP contribution in [0.15, 0.2) is 17.8 Å². The van der Waals surface area contributed by atoms with E-state index in [2.05, 4.69) is 20.5 Å². The Labute approximate surface area is 188 Å². The van der Waals surface area contributed by atoms with Gasteiger partial charge in [-0.3, -0.25) is 9.48 Å². The molecule has 0 unspecified atom stereocenters. The van der Waals surface area contributed by atoms with Gasteiger partial charge in [0, 0.05) is 18.5 Å². The van der Waals surface area contributed by atoms with Gasteiger partial charge in [-0.1, -0.05) is 0 Å². The minimum Gasteiger partial charge on any atom is -0.369 e. The highest BCUT2D eigenvalue weighted by Gasteiger charge is 2.30. The van der Waals surface area contributed by atoms with Crippen molar-refractivity contribution in [2.75, 3.05) is 11.9 Å². The first-order chi connectivity index (χ1) is 15.5. The Kier molecular flexibility index (Phi) is 5.78. The third kappa shape index (κ3) is 3.96. The molecule has 3 aromatic rings. The molecule has 0 bridgehead atoms. The van der Waals surface area contributed by atoms with E-state index in [9.17, 15) is 9.18 Å². The molecule has 0 radical (unpaired) electrons. The summed E-state index contributed by atoms with van der Waals surface area (Å²) in [5.74, 6) is -0.337. The van der Waals surface area contributed by atoms with Crippen molar-refractivity contribution in [3.63, 3.8) is 0 Å². The third-order valence-electron chi connectivity index (χ3n) is 6.19. The summed E-state index contributed by atoms with van der Waals surface area (Å²) in [4.78, 5) is 17.5. The van der Waals surface area contributed by atoms with Crippen molar-refractivity contribution in [2.45, 2.75) is 56.8 Å². The summed E-state index contributed by atoms with van der Waals surface area (Å²) in [5.41, 5.74) is 9.82. The fourth-order valence-corrected chi connectivity index (χ4v) is 5.17. The molecule has 3 N–H and O–H groups in total. The number of carbonyl (C=O) groups is 1. The highest BCUT2D eigenvalue weighted by molar-refractivity contribution is 7.12. The Morgan fingerprint density at radius 1 is 1.28 bits per heavy atom. The molecule has 0 spiro atoms. The number of fused-ring (bicyclic) bond motifs is 1. The summed E-state index contributed by atoms with van der Waals surface area (Å²) >= 11 is 1.39. The van der Waals surface area contributed by atoms with Gasteiger partial charge in [-0.25, -0.2) is 14.1 Å². The van der Waals surface area contributed by atoms with Gasteiger partial charge < -0.3 is 15.8 Å². The number of aromatic nitrogens is 5. The molecule has 1 fully saturated rings. The number of amides is 1. The summed E-state index contributed by atoms with van der Waals surface area (Å²) in [7, 11) is 1.77. The quantitative estimate of drug-likeness (QED) is 0.620. The Bertz CT molecular complexity index is 1110. The number of nitrogens with two attached hydrogens (primary N) is 1. The number of ether oxygens (including phenoxy) is 1. The van der Waals surface area contributed by atoms with Crippen molar-refractivity contribution in [3.05, 3.63) is 40.4 Å². The number of nitrogens with one attached hydrogen (secondary N) is 1. The van der Waals surface area contributed by atoms with Crippen LogP contribution in [0.25, 0.3) is 5.13 Å². The number of aryl methyl sites for hydroxylation is 2. The van der Waals surface area contributed by atoms with E-state index in [-0.39, 0.29) is 12.5 Å². The lowest BCUT2D eigenvalue weighted by Crippen LogP contribution is -2.32. The maximum Gasteiger partial charge on any atom is 0.275 e. The first-order valence-electron chi connectivity index (χ1n) is 10.9. The average Bonchev–Trinajstić information content (AvgIpc) is 3.50. The highest BCUT2D eigenvalue weighted by atomic mass is 32.1. The molecule has 1 saturated heterocycles. The average molecular weight is 460 g/mol. The summed E-state index contributed by atoms with van der Waals surface area (Å²) in [6.07, 6.45) is 7.25. The van der Waals surface area contributed by atoms with Crippen LogP contribution in [0.5, 0.6) is 0 Å². The van der Waals surface area contributed by atoms with Gasteiger partial charge in [0.15, 0.2) is 0 Å². The normalized spacial score (nSPS) is 23.5. The summed E-state index contributed by atoms with van der Waals surface area (Å²) in [6.45, 7) is -0.0754. The molecule has 5 rings (SSSR count). The monoisotopic (exact) mass is 459 g/mol. The Balaban J connectivity index is 1.34. The van der Waals surface area contributed by atoms with E-state index in [0.717, 1.165) is 19.3 Å². The predicted octanol–water partition coefficient (Wildman–Crippen LogP) is 2.71. The lowest BCUT2D eigenvalue weighted by molar-refractivity contribution is 0.0247. The topological polar surface area (TPSA) is 113 Å². The van der Waals surface area contributed by atoms with Crippen LogP contribution in [0.2, 0.25) is 0 Å². The minimum absolute atomic E-state index is 0.0754. The maximum absolute atomic E-state index is 14.0. The fourth-order valence-electron chi connectivity index (χ4n) is 4.39. The van der Waals surface area contributed by atoms with Gasteiger partial charge in [-0.05, 0) is 44.1 Å². The number of hydrogen-bond donors (Lipinski definition) is 2. The molecule has 1 amide bonds. The molecule has 0 aromatic carbocycles. The second-order valence-corrected chi connectivity index (χ2v) is 9.19. The van der Waals surface area contributed by atoms with Gasteiger partial charge in [0.05, 0.1) is 36.1 Å². The number of alkyl halides is 1. The molecule has 3 aromatic heterocycles.